The van der Waals surface area contributed by atoms with Gasteiger partial charge in [-0.15, -0.1) is 0 Å². The summed E-state index contributed by atoms with van der Waals surface area (Å²) in [7, 11) is 1.51. The summed E-state index contributed by atoms with van der Waals surface area (Å²) in [6.07, 6.45) is 15.3. The van der Waals surface area contributed by atoms with Gasteiger partial charge < -0.3 is 4.74 Å². The Morgan fingerprint density at radius 1 is 1.05 bits per heavy atom. The summed E-state index contributed by atoms with van der Waals surface area (Å²) in [5.74, 6) is 1.70. The van der Waals surface area contributed by atoms with E-state index in [1.807, 2.05) is 18.7 Å². The van der Waals surface area contributed by atoms with Crippen molar-refractivity contribution in [3.8, 4) is 34.7 Å². The summed E-state index contributed by atoms with van der Waals surface area (Å²) in [6.45, 7) is 3.93. The molecule has 41 heavy (non-hydrogen) atoms. The third-order valence-corrected chi connectivity index (χ3v) is 7.40. The van der Waals surface area contributed by atoms with Crippen molar-refractivity contribution in [2.24, 2.45) is 5.92 Å². The number of aromatic nitrogens is 8. The van der Waals surface area contributed by atoms with Crippen LogP contribution in [0.2, 0.25) is 0 Å². The minimum absolute atomic E-state index is 0.0415. The Balaban J connectivity index is 1.28. The van der Waals surface area contributed by atoms with E-state index in [4.69, 9.17) is 9.72 Å². The Morgan fingerprint density at radius 2 is 1.83 bits per heavy atom. The predicted octanol–water partition coefficient (Wildman–Crippen LogP) is 4.24. The lowest BCUT2D eigenvalue weighted by Crippen LogP contribution is -2.43. The molecule has 210 valence electrons. The fourth-order valence-corrected chi connectivity index (χ4v) is 5.24. The van der Waals surface area contributed by atoms with Gasteiger partial charge in [0.25, 0.3) is 0 Å². The zero-order chi connectivity index (χ0) is 28.8. The number of H-pyrrole nitrogens is 1. The van der Waals surface area contributed by atoms with Crippen molar-refractivity contribution in [1.29, 1.82) is 5.26 Å². The van der Waals surface area contributed by atoms with E-state index in [0.717, 1.165) is 43.4 Å². The van der Waals surface area contributed by atoms with Gasteiger partial charge in [-0.2, -0.15) is 10.4 Å². The molecule has 12 nitrogen and oxygen atoms in total. The summed E-state index contributed by atoms with van der Waals surface area (Å²) in [5, 5.41) is 16.6. The number of hydrogen-bond acceptors (Lipinski definition) is 10. The SMILES string of the molecule is CCCC(=O)N(c1cnc(-c2cnc(OC)nc2)cn1)C1CCC(Cc2ncc(C#N)c(-c3[nH]ncc3C)n2)CC1. The summed E-state index contributed by atoms with van der Waals surface area (Å²) >= 11 is 0. The second-order valence-electron chi connectivity index (χ2n) is 10.2. The normalized spacial score (nSPS) is 16.6. The van der Waals surface area contributed by atoms with Crippen LogP contribution in [0.5, 0.6) is 6.01 Å². The van der Waals surface area contributed by atoms with Gasteiger partial charge in [0.15, 0.2) is 5.82 Å². The van der Waals surface area contributed by atoms with Crippen LogP contribution in [0.3, 0.4) is 0 Å². The minimum atomic E-state index is 0.0415. The van der Waals surface area contributed by atoms with Crippen LogP contribution in [-0.2, 0) is 11.2 Å². The third-order valence-electron chi connectivity index (χ3n) is 7.40. The molecule has 0 aliphatic heterocycles. The predicted molar refractivity (Wildman–Crippen MR) is 151 cm³/mol. The van der Waals surface area contributed by atoms with Gasteiger partial charge in [0.1, 0.15) is 17.6 Å². The van der Waals surface area contributed by atoms with Crippen molar-refractivity contribution in [3.05, 3.63) is 54.1 Å². The van der Waals surface area contributed by atoms with Crippen LogP contribution in [0.25, 0.3) is 22.6 Å². The van der Waals surface area contributed by atoms with Crippen LogP contribution in [0.1, 0.15) is 62.4 Å². The molecule has 12 heteroatoms. The molecule has 0 atom stereocenters. The monoisotopic (exact) mass is 552 g/mol. The first-order valence-corrected chi connectivity index (χ1v) is 13.8. The third kappa shape index (κ3) is 6.19. The molecule has 0 spiro atoms. The molecule has 1 fully saturated rings. The first kappa shape index (κ1) is 27.8. The molecular weight excluding hydrogens is 520 g/mol. The molecule has 4 heterocycles. The van der Waals surface area contributed by atoms with Gasteiger partial charge in [0, 0.05) is 43.0 Å². The number of hydrogen-bond donors (Lipinski definition) is 1. The first-order valence-electron chi connectivity index (χ1n) is 13.8. The summed E-state index contributed by atoms with van der Waals surface area (Å²) < 4.78 is 5.02. The molecule has 0 saturated heterocycles. The van der Waals surface area contributed by atoms with E-state index >= 15 is 0 Å². The van der Waals surface area contributed by atoms with Crippen LogP contribution in [-0.4, -0.2) is 59.2 Å². The highest BCUT2D eigenvalue weighted by molar-refractivity contribution is 5.93. The average molecular weight is 553 g/mol. The second kappa shape index (κ2) is 12.6. The molecule has 0 bridgehead atoms. The number of carbonyl (C=O) groups is 1. The lowest BCUT2D eigenvalue weighted by molar-refractivity contribution is -0.119. The number of nitrogens with zero attached hydrogens (tertiary/aromatic N) is 9. The summed E-state index contributed by atoms with van der Waals surface area (Å²) in [6, 6.07) is 2.50. The first-order chi connectivity index (χ1) is 20.0. The van der Waals surface area contributed by atoms with E-state index in [0.29, 0.717) is 52.9 Å². The van der Waals surface area contributed by atoms with Crippen LogP contribution in [0.4, 0.5) is 5.82 Å². The number of aromatic amines is 1. The van der Waals surface area contributed by atoms with Crippen LogP contribution in [0.15, 0.2) is 37.2 Å². The number of rotatable bonds is 9. The Labute approximate surface area is 238 Å². The molecule has 4 aromatic rings. The maximum Gasteiger partial charge on any atom is 0.316 e. The van der Waals surface area contributed by atoms with Gasteiger partial charge in [-0.3, -0.25) is 19.8 Å². The maximum absolute atomic E-state index is 13.2. The van der Waals surface area contributed by atoms with Crippen LogP contribution >= 0.6 is 0 Å². The number of carbonyl (C=O) groups excluding carboxylic acids is 1. The second-order valence-corrected chi connectivity index (χ2v) is 10.2. The molecule has 1 amide bonds. The lowest BCUT2D eigenvalue weighted by atomic mass is 9.83. The number of ether oxygens (including phenoxy) is 1. The number of nitrogens with one attached hydrogen (secondary N) is 1. The maximum atomic E-state index is 13.2. The highest BCUT2D eigenvalue weighted by Crippen LogP contribution is 2.33. The van der Waals surface area contributed by atoms with Gasteiger partial charge in [-0.1, -0.05) is 6.92 Å². The molecule has 1 aliphatic carbocycles. The van der Waals surface area contributed by atoms with Crippen molar-refractivity contribution in [1.82, 2.24) is 40.1 Å². The van der Waals surface area contributed by atoms with E-state index in [9.17, 15) is 10.1 Å². The summed E-state index contributed by atoms with van der Waals surface area (Å²) in [4.78, 5) is 41.7. The fourth-order valence-electron chi connectivity index (χ4n) is 5.24. The number of anilines is 1. The van der Waals surface area contributed by atoms with Crippen LogP contribution < -0.4 is 9.64 Å². The van der Waals surface area contributed by atoms with Gasteiger partial charge in [-0.25, -0.2) is 24.9 Å². The Bertz CT molecular complexity index is 1520. The zero-order valence-electron chi connectivity index (χ0n) is 23.4. The molecule has 1 saturated carbocycles. The molecule has 0 aromatic carbocycles. The number of methoxy groups -OCH3 is 1. The molecule has 4 aromatic heterocycles. The highest BCUT2D eigenvalue weighted by atomic mass is 16.5. The largest absolute Gasteiger partial charge is 0.467 e. The number of amides is 1. The quantitative estimate of drug-likeness (QED) is 0.318. The van der Waals surface area contributed by atoms with Crippen molar-refractivity contribution in [2.45, 2.75) is 64.8 Å². The topological polar surface area (TPSA) is 159 Å². The zero-order valence-corrected chi connectivity index (χ0v) is 23.4. The van der Waals surface area contributed by atoms with Gasteiger partial charge in [0.2, 0.25) is 5.91 Å². The van der Waals surface area contributed by atoms with E-state index in [-0.39, 0.29) is 18.0 Å². The van der Waals surface area contributed by atoms with Crippen molar-refractivity contribution in [3.63, 3.8) is 0 Å². The van der Waals surface area contributed by atoms with Gasteiger partial charge in [0.05, 0.1) is 42.7 Å². The Morgan fingerprint density at radius 3 is 2.44 bits per heavy atom. The Hall–Kier alpha value is -4.79. The van der Waals surface area contributed by atoms with E-state index in [2.05, 4.69) is 41.2 Å². The number of nitriles is 1. The standard InChI is InChI=1S/C29H32N10O2/c1-4-5-26(40)39(25-17-31-23(16-33-25)21-14-34-29(41-3)35-15-21)22-8-6-19(7-9-22)10-24-32-13-20(11-30)28(37-24)27-18(2)12-36-38-27/h12-17,19,22H,4-10H2,1-3H3,(H,36,38). The molecule has 1 aliphatic rings. The number of aryl methyl sites for hydroxylation is 1. The highest BCUT2D eigenvalue weighted by Gasteiger charge is 2.31. The van der Waals surface area contributed by atoms with E-state index in [1.165, 1.54) is 7.11 Å². The van der Waals surface area contributed by atoms with Crippen LogP contribution in [0, 0.1) is 24.2 Å². The summed E-state index contributed by atoms with van der Waals surface area (Å²) in [5.41, 5.74) is 4.01. The molecule has 0 radical (unpaired) electrons. The lowest BCUT2D eigenvalue weighted by Gasteiger charge is -2.36. The van der Waals surface area contributed by atoms with E-state index < -0.39 is 0 Å². The fraction of sp³-hybridized carbons (Fsp3) is 0.414. The molecule has 0 unspecified atom stereocenters. The van der Waals surface area contributed by atoms with Gasteiger partial charge >= 0.3 is 6.01 Å². The molecule has 1 N–H and O–H groups in total. The minimum Gasteiger partial charge on any atom is -0.467 e. The van der Waals surface area contributed by atoms with Gasteiger partial charge in [-0.05, 0) is 50.5 Å². The average Bonchev–Trinajstić information content (AvgIpc) is 3.44. The van der Waals surface area contributed by atoms with E-state index in [1.54, 1.807) is 37.2 Å². The smallest absolute Gasteiger partial charge is 0.316 e. The molecule has 5 rings (SSSR count). The Kier molecular flexibility index (Phi) is 8.53. The van der Waals surface area contributed by atoms with Crippen molar-refractivity contribution >= 4 is 11.7 Å². The van der Waals surface area contributed by atoms with Crippen molar-refractivity contribution < 1.29 is 9.53 Å². The van der Waals surface area contributed by atoms with Crippen molar-refractivity contribution in [2.75, 3.05) is 12.0 Å². The molecular formula is C29H32N10O2.